The van der Waals surface area contributed by atoms with Gasteiger partial charge in [-0.2, -0.15) is 0 Å². The lowest BCUT2D eigenvalue weighted by atomic mass is 9.92. The first kappa shape index (κ1) is 15.6. The molecule has 1 fully saturated rings. The molecule has 3 aliphatic rings. The Balaban J connectivity index is 1.70. The highest BCUT2D eigenvalue weighted by Crippen LogP contribution is 2.50. The van der Waals surface area contributed by atoms with E-state index in [2.05, 4.69) is 10.0 Å². The van der Waals surface area contributed by atoms with Gasteiger partial charge >= 0.3 is 0 Å². The van der Waals surface area contributed by atoms with Gasteiger partial charge in [-0.25, -0.2) is 0 Å². The molecule has 0 saturated heterocycles. The number of fused-ring (bicyclic) bond motifs is 3. The fourth-order valence-electron chi connectivity index (χ4n) is 3.97. The molecular weight excluding hydrogens is 310 g/mol. The van der Waals surface area contributed by atoms with Gasteiger partial charge in [0.2, 0.25) is 0 Å². The molecule has 2 atom stereocenters. The molecule has 7 heteroatoms. The van der Waals surface area contributed by atoms with Gasteiger partial charge in [0, 0.05) is 29.7 Å². The van der Waals surface area contributed by atoms with Crippen LogP contribution in [0.3, 0.4) is 0 Å². The van der Waals surface area contributed by atoms with E-state index >= 15 is 0 Å². The molecule has 1 N–H and O–H groups in total. The van der Waals surface area contributed by atoms with Gasteiger partial charge in [-0.1, -0.05) is 17.6 Å². The highest BCUT2D eigenvalue weighted by Gasteiger charge is 2.45. The topological polar surface area (TPSA) is 96.7 Å². The van der Waals surface area contributed by atoms with Crippen LogP contribution in [-0.2, 0) is 11.2 Å². The van der Waals surface area contributed by atoms with E-state index in [1.54, 1.807) is 0 Å². The fraction of sp³-hybridized carbons (Fsp3) is 0.647. The second-order valence-electron chi connectivity index (χ2n) is 6.68. The lowest BCUT2D eigenvalue weighted by molar-refractivity contribution is -0.106. The summed E-state index contributed by atoms with van der Waals surface area (Å²) in [6, 6.07) is 3.88. The minimum absolute atomic E-state index is 0.0815. The van der Waals surface area contributed by atoms with E-state index in [1.807, 2.05) is 12.1 Å². The van der Waals surface area contributed by atoms with Crippen molar-refractivity contribution >= 4 is 0 Å². The summed E-state index contributed by atoms with van der Waals surface area (Å²) in [5, 5.41) is 13.2. The molecule has 2 aliphatic heterocycles. The zero-order valence-electron chi connectivity index (χ0n) is 13.5. The molecule has 7 nitrogen and oxygen atoms in total. The van der Waals surface area contributed by atoms with Crippen LogP contribution in [0.2, 0.25) is 0 Å². The molecule has 1 spiro atoms. The number of azide groups is 1. The Morgan fingerprint density at radius 1 is 1.25 bits per heavy atom. The number of ether oxygens (including phenoxy) is 3. The molecule has 0 radical (unpaired) electrons. The lowest BCUT2D eigenvalue weighted by Crippen LogP contribution is -2.40. The zero-order chi connectivity index (χ0) is 16.6. The molecule has 0 amide bonds. The average Bonchev–Trinajstić information content (AvgIpc) is 2.97. The van der Waals surface area contributed by atoms with Crippen LogP contribution in [0.5, 0.6) is 11.5 Å². The molecule has 2 heterocycles. The zero-order valence-corrected chi connectivity index (χ0v) is 13.5. The number of nitrogens with zero attached hydrogens (tertiary/aromatic N) is 3. The van der Waals surface area contributed by atoms with Crippen molar-refractivity contribution in [2.75, 3.05) is 13.2 Å². The molecule has 2 unspecified atom stereocenters. The van der Waals surface area contributed by atoms with Crippen molar-refractivity contribution in [2.45, 2.75) is 56.5 Å². The molecule has 0 aromatic heterocycles. The molecule has 1 saturated carbocycles. The maximum Gasteiger partial charge on any atom is 0.251 e. The lowest BCUT2D eigenvalue weighted by Gasteiger charge is -2.33. The summed E-state index contributed by atoms with van der Waals surface area (Å²) in [5.74, 6) is 1.03. The maximum absolute atomic E-state index is 9.55. The Morgan fingerprint density at radius 3 is 2.83 bits per heavy atom. The van der Waals surface area contributed by atoms with E-state index < -0.39 is 5.79 Å². The summed E-state index contributed by atoms with van der Waals surface area (Å²) in [4.78, 5) is 2.82. The number of aliphatic hydroxyl groups is 1. The van der Waals surface area contributed by atoms with E-state index in [0.29, 0.717) is 6.42 Å². The summed E-state index contributed by atoms with van der Waals surface area (Å²) >= 11 is 0. The predicted molar refractivity (Wildman–Crippen MR) is 85.9 cm³/mol. The molecule has 1 aromatic rings. The highest BCUT2D eigenvalue weighted by atomic mass is 16.7. The summed E-state index contributed by atoms with van der Waals surface area (Å²) in [6.07, 6.45) is 5.12. The number of aliphatic hydroxyl groups excluding tert-OH is 1. The Bertz CT molecular complexity index is 681. The first-order valence-electron chi connectivity index (χ1n) is 8.56. The van der Waals surface area contributed by atoms with E-state index in [4.69, 9.17) is 19.7 Å². The van der Waals surface area contributed by atoms with Gasteiger partial charge < -0.3 is 19.3 Å². The fourth-order valence-corrected chi connectivity index (χ4v) is 3.97. The monoisotopic (exact) mass is 331 g/mol. The van der Waals surface area contributed by atoms with Crippen LogP contribution in [0, 0.1) is 0 Å². The summed E-state index contributed by atoms with van der Waals surface area (Å²) in [5.41, 5.74) is 10.6. The van der Waals surface area contributed by atoms with Gasteiger partial charge in [0.25, 0.3) is 5.79 Å². The number of rotatable bonds is 3. The van der Waals surface area contributed by atoms with Crippen LogP contribution in [0.25, 0.3) is 10.4 Å². The Hall–Kier alpha value is -1.95. The molecule has 128 valence electrons. The number of hydrogen-bond donors (Lipinski definition) is 1. The van der Waals surface area contributed by atoms with E-state index in [9.17, 15) is 5.11 Å². The second kappa shape index (κ2) is 6.16. The van der Waals surface area contributed by atoms with Crippen LogP contribution >= 0.6 is 0 Å². The van der Waals surface area contributed by atoms with Gasteiger partial charge in [0.15, 0.2) is 11.5 Å². The molecule has 1 aromatic carbocycles. The van der Waals surface area contributed by atoms with Crippen LogP contribution in [0.1, 0.15) is 49.3 Å². The third kappa shape index (κ3) is 2.59. The third-order valence-corrected chi connectivity index (χ3v) is 5.11. The first-order valence-corrected chi connectivity index (χ1v) is 8.56. The van der Waals surface area contributed by atoms with Crippen LogP contribution in [-0.4, -0.2) is 30.1 Å². The Kier molecular flexibility index (Phi) is 4.00. The van der Waals surface area contributed by atoms with E-state index in [1.165, 1.54) is 6.42 Å². The normalized spacial score (nSPS) is 26.7. The third-order valence-electron chi connectivity index (χ3n) is 5.11. The average molecular weight is 331 g/mol. The molecule has 0 bridgehead atoms. The maximum atomic E-state index is 9.55. The van der Waals surface area contributed by atoms with Gasteiger partial charge in [-0.3, -0.25) is 0 Å². The van der Waals surface area contributed by atoms with E-state index in [0.717, 1.165) is 48.3 Å². The standard InChI is InChI=1S/C17H21N3O4/c18-20-19-9-15-12-4-5-14-16(13(12)8-11(10-21)22-15)24-17(23-14)6-2-1-3-7-17/h4-5,11,15,21H,1-3,6-10H2. The van der Waals surface area contributed by atoms with Gasteiger partial charge in [-0.05, 0) is 30.0 Å². The molecule has 24 heavy (non-hydrogen) atoms. The van der Waals surface area contributed by atoms with Crippen molar-refractivity contribution in [3.05, 3.63) is 33.7 Å². The van der Waals surface area contributed by atoms with Gasteiger partial charge in [-0.15, -0.1) is 0 Å². The van der Waals surface area contributed by atoms with Crippen molar-refractivity contribution in [2.24, 2.45) is 5.11 Å². The minimum Gasteiger partial charge on any atom is -0.448 e. The Labute approximate surface area is 140 Å². The van der Waals surface area contributed by atoms with Crippen LogP contribution in [0.4, 0.5) is 0 Å². The van der Waals surface area contributed by atoms with Crippen molar-refractivity contribution < 1.29 is 19.3 Å². The SMILES string of the molecule is [N-]=[N+]=NCC1OC(CO)Cc2c1ccc1c2OC2(CCCCC2)O1. The molecular formula is C17H21N3O4. The van der Waals surface area contributed by atoms with Crippen molar-refractivity contribution in [1.29, 1.82) is 0 Å². The first-order chi connectivity index (χ1) is 11.7. The van der Waals surface area contributed by atoms with E-state index in [-0.39, 0.29) is 25.4 Å². The van der Waals surface area contributed by atoms with Crippen LogP contribution in [0.15, 0.2) is 17.2 Å². The summed E-state index contributed by atoms with van der Waals surface area (Å²) in [7, 11) is 0. The highest BCUT2D eigenvalue weighted by molar-refractivity contribution is 5.55. The minimum atomic E-state index is -0.525. The number of hydrogen-bond acceptors (Lipinski definition) is 5. The van der Waals surface area contributed by atoms with Crippen LogP contribution < -0.4 is 9.47 Å². The van der Waals surface area contributed by atoms with Crippen molar-refractivity contribution in [3.63, 3.8) is 0 Å². The Morgan fingerprint density at radius 2 is 2.08 bits per heavy atom. The smallest absolute Gasteiger partial charge is 0.251 e. The van der Waals surface area contributed by atoms with Crippen molar-refractivity contribution in [1.82, 2.24) is 0 Å². The quantitative estimate of drug-likeness (QED) is 0.521. The van der Waals surface area contributed by atoms with Crippen molar-refractivity contribution in [3.8, 4) is 11.5 Å². The van der Waals surface area contributed by atoms with Gasteiger partial charge in [0.1, 0.15) is 0 Å². The summed E-state index contributed by atoms with van der Waals surface area (Å²) < 4.78 is 18.3. The largest absolute Gasteiger partial charge is 0.448 e. The van der Waals surface area contributed by atoms with Gasteiger partial charge in [0.05, 0.1) is 25.4 Å². The summed E-state index contributed by atoms with van der Waals surface area (Å²) in [6.45, 7) is 0.118. The molecule has 1 aliphatic carbocycles. The second-order valence-corrected chi connectivity index (χ2v) is 6.68. The number of benzene rings is 1. The predicted octanol–water partition coefficient (Wildman–Crippen LogP) is 3.40. The molecule has 4 rings (SSSR count).